The minimum absolute atomic E-state index is 0.00200. The number of carboxylic acids is 1. The Hall–Kier alpha value is -1.55. The summed E-state index contributed by atoms with van der Waals surface area (Å²) in [5.74, 6) is -1.03. The van der Waals surface area contributed by atoms with Gasteiger partial charge in [-0.2, -0.15) is 0 Å². The van der Waals surface area contributed by atoms with Crippen LogP contribution in [0.2, 0.25) is 0 Å². The predicted molar refractivity (Wildman–Crippen MR) is 52.5 cm³/mol. The van der Waals surface area contributed by atoms with Crippen LogP contribution in [0.15, 0.2) is 18.2 Å². The smallest absolute Gasteiger partial charge is 0.335 e. The summed E-state index contributed by atoms with van der Waals surface area (Å²) >= 11 is 0. The molecule has 0 spiro atoms. The van der Waals surface area contributed by atoms with Gasteiger partial charge in [-0.15, -0.1) is 0 Å². The number of rotatable bonds is 3. The molecule has 14 heavy (non-hydrogen) atoms. The maximum absolute atomic E-state index is 10.6. The Morgan fingerprint density at radius 3 is 2.57 bits per heavy atom. The highest BCUT2D eigenvalue weighted by Crippen LogP contribution is 2.24. The van der Waals surface area contributed by atoms with E-state index in [9.17, 15) is 9.90 Å². The van der Waals surface area contributed by atoms with Crippen molar-refractivity contribution < 1.29 is 15.0 Å². The fraction of sp³-hybridized carbons (Fsp3) is 0.300. The van der Waals surface area contributed by atoms with E-state index in [0.717, 1.165) is 0 Å². The van der Waals surface area contributed by atoms with Crippen molar-refractivity contribution in [3.8, 4) is 5.75 Å². The Balaban J connectivity index is 3.07. The minimum Gasteiger partial charge on any atom is -0.508 e. The number of aromatic hydroxyl groups is 1. The Morgan fingerprint density at radius 1 is 1.50 bits per heavy atom. The van der Waals surface area contributed by atoms with Gasteiger partial charge in [0.2, 0.25) is 0 Å². The van der Waals surface area contributed by atoms with Crippen LogP contribution in [0.1, 0.15) is 28.9 Å². The van der Waals surface area contributed by atoms with Crippen LogP contribution in [0.25, 0.3) is 0 Å². The number of carbonyl (C=O) groups is 1. The molecule has 0 amide bonds. The van der Waals surface area contributed by atoms with Gasteiger partial charge in [-0.05, 0) is 26.1 Å². The third-order valence-electron chi connectivity index (χ3n) is 2.18. The molecule has 1 aromatic carbocycles. The van der Waals surface area contributed by atoms with Gasteiger partial charge in [0.15, 0.2) is 0 Å². The largest absolute Gasteiger partial charge is 0.508 e. The van der Waals surface area contributed by atoms with E-state index in [-0.39, 0.29) is 17.4 Å². The molecule has 1 atom stereocenters. The number of phenols is 1. The number of nitrogens with one attached hydrogen (secondary N) is 1. The van der Waals surface area contributed by atoms with Crippen LogP contribution >= 0.6 is 0 Å². The molecule has 0 saturated heterocycles. The molecule has 0 aliphatic heterocycles. The van der Waals surface area contributed by atoms with E-state index in [1.54, 1.807) is 13.1 Å². The molecular weight excluding hydrogens is 182 g/mol. The van der Waals surface area contributed by atoms with Crippen LogP contribution in [-0.2, 0) is 0 Å². The van der Waals surface area contributed by atoms with Crippen LogP contribution in [0.5, 0.6) is 5.75 Å². The lowest BCUT2D eigenvalue weighted by molar-refractivity contribution is 0.0696. The lowest BCUT2D eigenvalue weighted by Gasteiger charge is -2.12. The van der Waals surface area contributed by atoms with Gasteiger partial charge in [-0.3, -0.25) is 0 Å². The molecule has 4 heteroatoms. The van der Waals surface area contributed by atoms with Crippen molar-refractivity contribution in [2.75, 3.05) is 7.05 Å². The summed E-state index contributed by atoms with van der Waals surface area (Å²) in [6.07, 6.45) is 0. The van der Waals surface area contributed by atoms with E-state index in [0.29, 0.717) is 5.56 Å². The average molecular weight is 195 g/mol. The molecule has 0 radical (unpaired) electrons. The standard InChI is InChI=1S/C10H13NO3/c1-6(11-2)8-4-3-7(10(13)14)5-9(8)12/h3-6,11-12H,1-2H3,(H,13,14)/t6-/m1/s1. The van der Waals surface area contributed by atoms with Crippen molar-refractivity contribution >= 4 is 5.97 Å². The second-order valence-corrected chi connectivity index (χ2v) is 3.09. The molecule has 0 aliphatic carbocycles. The number of aromatic carboxylic acids is 1. The van der Waals surface area contributed by atoms with Crippen molar-refractivity contribution in [2.45, 2.75) is 13.0 Å². The minimum atomic E-state index is -1.04. The predicted octanol–water partition coefficient (Wildman–Crippen LogP) is 1.37. The SMILES string of the molecule is CN[C@H](C)c1ccc(C(=O)O)cc1O. The van der Waals surface area contributed by atoms with Gasteiger partial charge >= 0.3 is 5.97 Å². The topological polar surface area (TPSA) is 69.6 Å². The Bertz CT molecular complexity index is 349. The average Bonchev–Trinajstić information content (AvgIpc) is 2.16. The lowest BCUT2D eigenvalue weighted by Crippen LogP contribution is -2.12. The van der Waals surface area contributed by atoms with E-state index in [4.69, 9.17) is 5.11 Å². The lowest BCUT2D eigenvalue weighted by atomic mass is 10.0. The van der Waals surface area contributed by atoms with Gasteiger partial charge in [0.05, 0.1) is 5.56 Å². The van der Waals surface area contributed by atoms with Crippen LogP contribution in [-0.4, -0.2) is 23.2 Å². The van der Waals surface area contributed by atoms with E-state index < -0.39 is 5.97 Å². The fourth-order valence-electron chi connectivity index (χ4n) is 1.20. The normalized spacial score (nSPS) is 12.4. The molecule has 0 aromatic heterocycles. The highest BCUT2D eigenvalue weighted by atomic mass is 16.4. The Kier molecular flexibility index (Phi) is 3.09. The van der Waals surface area contributed by atoms with E-state index >= 15 is 0 Å². The monoisotopic (exact) mass is 195 g/mol. The van der Waals surface area contributed by atoms with Crippen LogP contribution in [0.3, 0.4) is 0 Å². The summed E-state index contributed by atoms with van der Waals surface area (Å²) in [6, 6.07) is 4.34. The first kappa shape index (κ1) is 10.5. The van der Waals surface area contributed by atoms with Gasteiger partial charge in [0.1, 0.15) is 5.75 Å². The van der Waals surface area contributed by atoms with Crippen LogP contribution < -0.4 is 5.32 Å². The van der Waals surface area contributed by atoms with Gasteiger partial charge in [-0.1, -0.05) is 6.07 Å². The molecular formula is C10H13NO3. The first-order valence-corrected chi connectivity index (χ1v) is 4.29. The maximum Gasteiger partial charge on any atom is 0.335 e. The Morgan fingerprint density at radius 2 is 2.14 bits per heavy atom. The molecule has 0 bridgehead atoms. The molecule has 0 unspecified atom stereocenters. The molecule has 1 aromatic rings. The Labute approximate surface area is 82.2 Å². The number of carboxylic acid groups (broad SMARTS) is 1. The van der Waals surface area contributed by atoms with Gasteiger partial charge in [0.25, 0.3) is 0 Å². The van der Waals surface area contributed by atoms with Gasteiger partial charge < -0.3 is 15.5 Å². The highest BCUT2D eigenvalue weighted by Gasteiger charge is 2.11. The fourth-order valence-corrected chi connectivity index (χ4v) is 1.20. The van der Waals surface area contributed by atoms with Gasteiger partial charge in [0, 0.05) is 11.6 Å². The second kappa shape index (κ2) is 4.11. The number of phenolic OH excluding ortho intramolecular Hbond substituents is 1. The van der Waals surface area contributed by atoms with E-state index in [2.05, 4.69) is 5.32 Å². The molecule has 0 aliphatic rings. The highest BCUT2D eigenvalue weighted by molar-refractivity contribution is 5.88. The zero-order valence-corrected chi connectivity index (χ0v) is 8.11. The molecule has 76 valence electrons. The molecule has 0 heterocycles. The number of hydrogen-bond acceptors (Lipinski definition) is 3. The summed E-state index contributed by atoms with van der Waals surface area (Å²) in [4.78, 5) is 10.6. The number of hydrogen-bond donors (Lipinski definition) is 3. The zero-order valence-electron chi connectivity index (χ0n) is 8.11. The van der Waals surface area contributed by atoms with Crippen molar-refractivity contribution in [3.05, 3.63) is 29.3 Å². The van der Waals surface area contributed by atoms with Crippen molar-refractivity contribution in [3.63, 3.8) is 0 Å². The third kappa shape index (κ3) is 2.03. The second-order valence-electron chi connectivity index (χ2n) is 3.09. The van der Waals surface area contributed by atoms with Crippen molar-refractivity contribution in [1.82, 2.24) is 5.32 Å². The first-order chi connectivity index (χ1) is 6.56. The molecule has 1 rings (SSSR count). The molecule has 0 fully saturated rings. The van der Waals surface area contributed by atoms with E-state index in [1.165, 1.54) is 12.1 Å². The zero-order chi connectivity index (χ0) is 10.7. The molecule has 4 nitrogen and oxygen atoms in total. The summed E-state index contributed by atoms with van der Waals surface area (Å²) < 4.78 is 0. The molecule has 0 saturated carbocycles. The summed E-state index contributed by atoms with van der Waals surface area (Å²) in [7, 11) is 1.77. The quantitative estimate of drug-likeness (QED) is 0.681. The maximum atomic E-state index is 10.6. The number of benzene rings is 1. The summed E-state index contributed by atoms with van der Waals surface area (Å²) in [5, 5.41) is 21.2. The van der Waals surface area contributed by atoms with E-state index in [1.807, 2.05) is 6.92 Å². The third-order valence-corrected chi connectivity index (χ3v) is 2.18. The summed E-state index contributed by atoms with van der Waals surface area (Å²) in [6.45, 7) is 1.88. The van der Waals surface area contributed by atoms with Crippen molar-refractivity contribution in [2.24, 2.45) is 0 Å². The van der Waals surface area contributed by atoms with Gasteiger partial charge in [-0.25, -0.2) is 4.79 Å². The van der Waals surface area contributed by atoms with Crippen LogP contribution in [0.4, 0.5) is 0 Å². The summed E-state index contributed by atoms with van der Waals surface area (Å²) in [5.41, 5.74) is 0.784. The molecule has 3 N–H and O–H groups in total. The first-order valence-electron chi connectivity index (χ1n) is 4.29. The van der Waals surface area contributed by atoms with Crippen molar-refractivity contribution in [1.29, 1.82) is 0 Å². The van der Waals surface area contributed by atoms with Crippen LogP contribution in [0, 0.1) is 0 Å².